The molecule has 0 bridgehead atoms. The number of hydrogen-bond donors (Lipinski definition) is 5. The molecule has 0 saturated carbocycles. The van der Waals surface area contributed by atoms with Gasteiger partial charge in [0.15, 0.2) is 0 Å². The molecule has 5 N–H and O–H groups in total. The molecule has 4 aromatic carbocycles. The summed E-state index contributed by atoms with van der Waals surface area (Å²) in [7, 11) is -2.96. The number of phenols is 4. The summed E-state index contributed by atoms with van der Waals surface area (Å²) in [6.07, 6.45) is 0.0622. The van der Waals surface area contributed by atoms with Crippen LogP contribution < -0.4 is 4.72 Å². The first-order valence-corrected chi connectivity index (χ1v) is 14.4. The van der Waals surface area contributed by atoms with Gasteiger partial charge in [-0.3, -0.25) is 4.79 Å². The first kappa shape index (κ1) is 31.5. The van der Waals surface area contributed by atoms with Crippen molar-refractivity contribution in [3.05, 3.63) is 113 Å². The molecule has 12 nitrogen and oxygen atoms in total. The highest BCUT2D eigenvalue weighted by atomic mass is 32.2. The summed E-state index contributed by atoms with van der Waals surface area (Å²) in [6, 6.07) is 17.9. The van der Waals surface area contributed by atoms with Gasteiger partial charge in [-0.1, -0.05) is 36.4 Å². The van der Waals surface area contributed by atoms with Gasteiger partial charge in [0.2, 0.25) is 15.8 Å². The Balaban J connectivity index is 1.57. The van der Waals surface area contributed by atoms with Crippen LogP contribution in [0.5, 0.6) is 23.0 Å². The van der Waals surface area contributed by atoms with E-state index < -0.39 is 68.8 Å². The van der Waals surface area contributed by atoms with Gasteiger partial charge in [-0.25, -0.2) is 22.7 Å². The van der Waals surface area contributed by atoms with Gasteiger partial charge in [0, 0.05) is 0 Å². The Kier molecular flexibility index (Phi) is 9.51. The molecular weight excluding hydrogens is 594 g/mol. The van der Waals surface area contributed by atoms with Crippen molar-refractivity contribution in [2.24, 2.45) is 0 Å². The lowest BCUT2D eigenvalue weighted by Crippen LogP contribution is -2.40. The Morgan fingerprint density at radius 3 is 2.02 bits per heavy atom. The molecular formula is C31H27NO11S. The number of hydrogen-bond acceptors (Lipinski definition) is 11. The highest BCUT2D eigenvalue weighted by molar-refractivity contribution is 7.89. The van der Waals surface area contributed by atoms with E-state index in [9.17, 15) is 43.2 Å². The van der Waals surface area contributed by atoms with Crippen molar-refractivity contribution >= 4 is 27.7 Å². The van der Waals surface area contributed by atoms with E-state index >= 15 is 0 Å². The summed E-state index contributed by atoms with van der Waals surface area (Å²) in [6.45, 7) is -0.478. The SMILES string of the molecule is COC(=O)c1cccc(O)c1C(=O)c1c(O)cc(C(=O)OC[C@@H](Cc2ccc(O)cc2)NS(=O)(=O)c2ccccc2)cc1O. The number of sulfonamides is 1. The fourth-order valence-corrected chi connectivity index (χ4v) is 5.59. The lowest BCUT2D eigenvalue weighted by Gasteiger charge is -2.19. The number of carbonyl (C=O) groups excluding carboxylic acids is 3. The minimum absolute atomic E-state index is 0.00661. The number of esters is 2. The maximum Gasteiger partial charge on any atom is 0.338 e. The van der Waals surface area contributed by atoms with Crippen LogP contribution >= 0.6 is 0 Å². The van der Waals surface area contributed by atoms with Crippen molar-refractivity contribution in [2.45, 2.75) is 17.4 Å². The number of ether oxygens (including phenoxy) is 2. The standard InChI is InChI=1S/C31H27NO11S/c1-42-31(39)23-8-5-9-24(34)27(23)29(37)28-25(35)15-19(16-26(28)36)30(38)43-17-20(14-18-10-12-21(33)13-11-18)32-44(40,41)22-6-3-2-4-7-22/h2-13,15-16,20,32-36H,14,17H2,1H3/t20-/m1/s1. The monoisotopic (exact) mass is 621 g/mol. The summed E-state index contributed by atoms with van der Waals surface area (Å²) in [5.74, 6) is -5.46. The number of methoxy groups -OCH3 is 1. The third-order valence-corrected chi connectivity index (χ3v) is 7.98. The topological polar surface area (TPSA) is 197 Å². The quantitative estimate of drug-likeness (QED) is 0.122. The molecule has 0 fully saturated rings. The smallest absolute Gasteiger partial charge is 0.338 e. The molecule has 13 heteroatoms. The third kappa shape index (κ3) is 7.14. The Hall–Kier alpha value is -5.40. The Labute approximate surface area is 251 Å². The van der Waals surface area contributed by atoms with Crippen LogP contribution in [0.15, 0.2) is 89.8 Å². The van der Waals surface area contributed by atoms with Crippen LogP contribution in [0, 0.1) is 0 Å². The van der Waals surface area contributed by atoms with E-state index in [1.54, 1.807) is 30.3 Å². The van der Waals surface area contributed by atoms with E-state index in [0.717, 1.165) is 25.3 Å². The van der Waals surface area contributed by atoms with Crippen LogP contribution in [0.3, 0.4) is 0 Å². The lowest BCUT2D eigenvalue weighted by molar-refractivity contribution is 0.0472. The van der Waals surface area contributed by atoms with Crippen LogP contribution in [0.2, 0.25) is 0 Å². The molecule has 0 spiro atoms. The Morgan fingerprint density at radius 2 is 1.41 bits per heavy atom. The molecule has 4 aromatic rings. The third-order valence-electron chi connectivity index (χ3n) is 6.44. The zero-order valence-electron chi connectivity index (χ0n) is 23.1. The summed E-state index contributed by atoms with van der Waals surface area (Å²) in [4.78, 5) is 38.3. The number of rotatable bonds is 11. The number of carbonyl (C=O) groups is 3. The molecule has 1 atom stereocenters. The predicted molar refractivity (Wildman–Crippen MR) is 155 cm³/mol. The van der Waals surface area contributed by atoms with Crippen LogP contribution in [0.4, 0.5) is 0 Å². The molecule has 0 aliphatic rings. The van der Waals surface area contributed by atoms with E-state index in [0.29, 0.717) is 5.56 Å². The number of phenolic OH excluding ortho intramolecular Hbond substituents is 4. The van der Waals surface area contributed by atoms with Gasteiger partial charge >= 0.3 is 11.9 Å². The van der Waals surface area contributed by atoms with Crippen molar-refractivity contribution in [3.8, 4) is 23.0 Å². The number of nitrogens with one attached hydrogen (secondary N) is 1. The van der Waals surface area contributed by atoms with Gasteiger partial charge in [-0.05, 0) is 60.5 Å². The number of benzene rings is 4. The zero-order valence-corrected chi connectivity index (χ0v) is 23.9. The zero-order chi connectivity index (χ0) is 32.0. The molecule has 0 radical (unpaired) electrons. The molecule has 0 aliphatic carbocycles. The average molecular weight is 622 g/mol. The molecule has 0 amide bonds. The normalized spacial score (nSPS) is 11.8. The lowest BCUT2D eigenvalue weighted by atomic mass is 9.95. The summed E-state index contributed by atoms with van der Waals surface area (Å²) < 4.78 is 38.4. The predicted octanol–water partition coefficient (Wildman–Crippen LogP) is 3.27. The van der Waals surface area contributed by atoms with Crippen LogP contribution in [0.25, 0.3) is 0 Å². The second-order valence-corrected chi connectivity index (χ2v) is 11.2. The van der Waals surface area contributed by atoms with Gasteiger partial charge in [-0.15, -0.1) is 0 Å². The highest BCUT2D eigenvalue weighted by Crippen LogP contribution is 2.35. The van der Waals surface area contributed by atoms with E-state index in [-0.39, 0.29) is 28.2 Å². The van der Waals surface area contributed by atoms with Crippen molar-refractivity contribution in [2.75, 3.05) is 13.7 Å². The first-order chi connectivity index (χ1) is 20.9. The van der Waals surface area contributed by atoms with Gasteiger partial charge in [0.05, 0.1) is 34.7 Å². The van der Waals surface area contributed by atoms with Crippen LogP contribution in [-0.2, 0) is 25.9 Å². The van der Waals surface area contributed by atoms with E-state index in [1.807, 2.05) is 0 Å². The summed E-state index contributed by atoms with van der Waals surface area (Å²) in [5, 5.41) is 41.0. The molecule has 4 rings (SSSR count). The maximum absolute atomic E-state index is 13.2. The van der Waals surface area contributed by atoms with Crippen molar-refractivity contribution in [1.82, 2.24) is 4.72 Å². The second kappa shape index (κ2) is 13.3. The largest absolute Gasteiger partial charge is 0.508 e. The average Bonchev–Trinajstić information content (AvgIpc) is 3.00. The van der Waals surface area contributed by atoms with Gasteiger partial charge in [-0.2, -0.15) is 0 Å². The molecule has 44 heavy (non-hydrogen) atoms. The number of aromatic hydroxyl groups is 4. The second-order valence-electron chi connectivity index (χ2n) is 9.51. The fourth-order valence-electron chi connectivity index (χ4n) is 4.34. The van der Waals surface area contributed by atoms with Crippen molar-refractivity contribution < 1.29 is 52.7 Å². The maximum atomic E-state index is 13.2. The molecule has 0 unspecified atom stereocenters. The van der Waals surface area contributed by atoms with Gasteiger partial charge < -0.3 is 29.9 Å². The molecule has 0 aliphatic heterocycles. The minimum Gasteiger partial charge on any atom is -0.508 e. The van der Waals surface area contributed by atoms with Crippen LogP contribution in [0.1, 0.15) is 42.2 Å². The van der Waals surface area contributed by atoms with Gasteiger partial charge in [0.25, 0.3) is 0 Å². The summed E-state index contributed by atoms with van der Waals surface area (Å²) >= 11 is 0. The van der Waals surface area contributed by atoms with E-state index in [1.165, 1.54) is 36.4 Å². The summed E-state index contributed by atoms with van der Waals surface area (Å²) in [5.41, 5.74) is -1.32. The van der Waals surface area contributed by atoms with Crippen LogP contribution in [-0.4, -0.2) is 66.3 Å². The molecule has 0 saturated heterocycles. The molecule has 228 valence electrons. The Bertz CT molecular complexity index is 1780. The number of ketones is 1. The Morgan fingerprint density at radius 1 is 0.773 bits per heavy atom. The van der Waals surface area contributed by atoms with Crippen molar-refractivity contribution in [3.63, 3.8) is 0 Å². The first-order valence-electron chi connectivity index (χ1n) is 12.9. The van der Waals surface area contributed by atoms with E-state index in [4.69, 9.17) is 4.74 Å². The fraction of sp³-hybridized carbons (Fsp3) is 0.129. The van der Waals surface area contributed by atoms with E-state index in [2.05, 4.69) is 9.46 Å². The van der Waals surface area contributed by atoms with Crippen molar-refractivity contribution in [1.29, 1.82) is 0 Å². The highest BCUT2D eigenvalue weighted by Gasteiger charge is 2.29. The van der Waals surface area contributed by atoms with Gasteiger partial charge in [0.1, 0.15) is 35.2 Å². The molecule has 0 aromatic heterocycles. The minimum atomic E-state index is -4.03. The molecule has 0 heterocycles.